The van der Waals surface area contributed by atoms with Crippen LogP contribution in [0.3, 0.4) is 0 Å². The van der Waals surface area contributed by atoms with Gasteiger partial charge in [0.2, 0.25) is 11.9 Å². The lowest BCUT2D eigenvalue weighted by Gasteiger charge is -2.09. The van der Waals surface area contributed by atoms with Crippen molar-refractivity contribution in [2.45, 2.75) is 13.0 Å². The largest absolute Gasteiger partial charge is 0.368 e. The molecular weight excluding hydrogens is 204 g/mol. The zero-order valence-corrected chi connectivity index (χ0v) is 8.84. The fourth-order valence-electron chi connectivity index (χ4n) is 1.31. The summed E-state index contributed by atoms with van der Waals surface area (Å²) >= 11 is 0. The van der Waals surface area contributed by atoms with Crippen LogP contribution in [0.1, 0.15) is 6.92 Å². The van der Waals surface area contributed by atoms with Gasteiger partial charge in [0, 0.05) is 11.6 Å². The van der Waals surface area contributed by atoms with Gasteiger partial charge in [-0.05, 0) is 13.0 Å². The highest BCUT2D eigenvalue weighted by atomic mass is 16.1. The van der Waals surface area contributed by atoms with Crippen molar-refractivity contribution in [3.05, 3.63) is 30.5 Å². The Morgan fingerprint density at radius 3 is 2.94 bits per heavy atom. The lowest BCUT2D eigenvalue weighted by molar-refractivity contribution is -0.118. The summed E-state index contributed by atoms with van der Waals surface area (Å²) in [5, 5.41) is 3.79. The quantitative estimate of drug-likeness (QED) is 0.799. The highest BCUT2D eigenvalue weighted by Gasteiger charge is 2.09. The number of carbonyl (C=O) groups excluding carboxylic acids is 1. The van der Waals surface area contributed by atoms with E-state index in [9.17, 15) is 4.79 Å². The Bertz CT molecular complexity index is 526. The van der Waals surface area contributed by atoms with Crippen LogP contribution < -0.4 is 11.1 Å². The second-order valence-electron chi connectivity index (χ2n) is 3.52. The fourth-order valence-corrected chi connectivity index (χ4v) is 1.31. The highest BCUT2D eigenvalue weighted by molar-refractivity contribution is 5.82. The first kappa shape index (κ1) is 10.4. The van der Waals surface area contributed by atoms with Crippen LogP contribution in [0.15, 0.2) is 30.5 Å². The van der Waals surface area contributed by atoms with Gasteiger partial charge >= 0.3 is 0 Å². The number of hydrogen-bond acceptors (Lipinski definition) is 4. The van der Waals surface area contributed by atoms with E-state index in [0.29, 0.717) is 5.95 Å². The molecular formula is C11H12N4O. The number of rotatable bonds is 3. The summed E-state index contributed by atoms with van der Waals surface area (Å²) in [6.45, 7) is 1.67. The van der Waals surface area contributed by atoms with Crippen LogP contribution in [-0.2, 0) is 4.79 Å². The zero-order chi connectivity index (χ0) is 11.5. The van der Waals surface area contributed by atoms with Crippen molar-refractivity contribution in [1.82, 2.24) is 9.97 Å². The number of nitrogens with zero attached hydrogens (tertiary/aromatic N) is 2. The van der Waals surface area contributed by atoms with E-state index < -0.39 is 11.9 Å². The first-order chi connectivity index (χ1) is 7.66. The predicted octanol–water partition coefficient (Wildman–Crippen LogP) is 0.915. The van der Waals surface area contributed by atoms with Crippen LogP contribution in [0.2, 0.25) is 0 Å². The molecule has 1 aromatic heterocycles. The SMILES string of the molecule is CC(Nc1ncc2ccccc2n1)C(N)=O. The molecule has 5 nitrogen and oxygen atoms in total. The topological polar surface area (TPSA) is 80.9 Å². The van der Waals surface area contributed by atoms with Gasteiger partial charge in [-0.2, -0.15) is 0 Å². The van der Waals surface area contributed by atoms with Crippen molar-refractivity contribution >= 4 is 22.8 Å². The first-order valence-corrected chi connectivity index (χ1v) is 4.94. The number of anilines is 1. The molecule has 82 valence electrons. The molecule has 1 atom stereocenters. The summed E-state index contributed by atoms with van der Waals surface area (Å²) < 4.78 is 0. The summed E-state index contributed by atoms with van der Waals surface area (Å²) in [6.07, 6.45) is 1.71. The Labute approximate surface area is 92.7 Å². The van der Waals surface area contributed by atoms with Gasteiger partial charge in [-0.15, -0.1) is 0 Å². The molecule has 1 amide bonds. The van der Waals surface area contributed by atoms with Crippen molar-refractivity contribution < 1.29 is 4.79 Å². The Kier molecular flexibility index (Phi) is 2.68. The summed E-state index contributed by atoms with van der Waals surface area (Å²) in [6, 6.07) is 7.15. The maximum absolute atomic E-state index is 10.9. The van der Waals surface area contributed by atoms with E-state index in [1.807, 2.05) is 24.3 Å². The Balaban J connectivity index is 2.29. The molecule has 0 aliphatic rings. The van der Waals surface area contributed by atoms with Gasteiger partial charge in [0.1, 0.15) is 6.04 Å². The van der Waals surface area contributed by atoms with E-state index in [1.54, 1.807) is 13.1 Å². The van der Waals surface area contributed by atoms with E-state index in [-0.39, 0.29) is 0 Å². The molecule has 0 saturated carbocycles. The number of hydrogen-bond donors (Lipinski definition) is 2. The van der Waals surface area contributed by atoms with Crippen LogP contribution in [0, 0.1) is 0 Å². The molecule has 0 saturated heterocycles. The van der Waals surface area contributed by atoms with Gasteiger partial charge in [0.15, 0.2) is 0 Å². The van der Waals surface area contributed by atoms with Gasteiger partial charge in [-0.25, -0.2) is 9.97 Å². The fraction of sp³-hybridized carbons (Fsp3) is 0.182. The molecule has 3 N–H and O–H groups in total. The lowest BCUT2D eigenvalue weighted by Crippen LogP contribution is -2.33. The lowest BCUT2D eigenvalue weighted by atomic mass is 10.2. The second-order valence-corrected chi connectivity index (χ2v) is 3.52. The minimum Gasteiger partial charge on any atom is -0.368 e. The van der Waals surface area contributed by atoms with Gasteiger partial charge in [-0.1, -0.05) is 18.2 Å². The third-order valence-electron chi connectivity index (χ3n) is 2.26. The van der Waals surface area contributed by atoms with Gasteiger partial charge in [-0.3, -0.25) is 4.79 Å². The Morgan fingerprint density at radius 2 is 2.19 bits per heavy atom. The number of aromatic nitrogens is 2. The Morgan fingerprint density at radius 1 is 1.44 bits per heavy atom. The van der Waals surface area contributed by atoms with Crippen LogP contribution >= 0.6 is 0 Å². The number of primary amides is 1. The molecule has 0 aliphatic heterocycles. The molecule has 0 fully saturated rings. The van der Waals surface area contributed by atoms with E-state index in [2.05, 4.69) is 15.3 Å². The number of nitrogens with one attached hydrogen (secondary N) is 1. The number of benzene rings is 1. The predicted molar refractivity (Wildman–Crippen MR) is 61.8 cm³/mol. The number of para-hydroxylation sites is 1. The zero-order valence-electron chi connectivity index (χ0n) is 8.84. The van der Waals surface area contributed by atoms with Crippen LogP contribution in [0.5, 0.6) is 0 Å². The third-order valence-corrected chi connectivity index (χ3v) is 2.26. The number of fused-ring (bicyclic) bond motifs is 1. The van der Waals surface area contributed by atoms with Crippen LogP contribution in [-0.4, -0.2) is 21.9 Å². The molecule has 16 heavy (non-hydrogen) atoms. The van der Waals surface area contributed by atoms with Crippen LogP contribution in [0.4, 0.5) is 5.95 Å². The monoisotopic (exact) mass is 216 g/mol. The molecule has 0 aliphatic carbocycles. The van der Waals surface area contributed by atoms with Crippen molar-refractivity contribution in [3.63, 3.8) is 0 Å². The molecule has 5 heteroatoms. The number of amides is 1. The number of carbonyl (C=O) groups is 1. The first-order valence-electron chi connectivity index (χ1n) is 4.94. The van der Waals surface area contributed by atoms with Crippen molar-refractivity contribution in [3.8, 4) is 0 Å². The molecule has 0 spiro atoms. The summed E-state index contributed by atoms with van der Waals surface area (Å²) in [4.78, 5) is 19.2. The molecule has 1 unspecified atom stereocenters. The molecule has 1 aromatic carbocycles. The highest BCUT2D eigenvalue weighted by Crippen LogP contribution is 2.11. The third kappa shape index (κ3) is 2.08. The average Bonchev–Trinajstić information content (AvgIpc) is 2.28. The Hall–Kier alpha value is -2.17. The minimum absolute atomic E-state index is 0.407. The van der Waals surface area contributed by atoms with Gasteiger partial charge < -0.3 is 11.1 Å². The normalized spacial score (nSPS) is 12.3. The maximum atomic E-state index is 10.9. The van der Waals surface area contributed by atoms with E-state index in [0.717, 1.165) is 10.9 Å². The van der Waals surface area contributed by atoms with E-state index >= 15 is 0 Å². The minimum atomic E-state index is -0.485. The molecule has 0 radical (unpaired) electrons. The molecule has 2 aromatic rings. The summed E-state index contributed by atoms with van der Waals surface area (Å²) in [7, 11) is 0. The van der Waals surface area contributed by atoms with E-state index in [4.69, 9.17) is 5.73 Å². The van der Waals surface area contributed by atoms with Crippen LogP contribution in [0.25, 0.3) is 10.9 Å². The second kappa shape index (κ2) is 4.14. The van der Waals surface area contributed by atoms with Crippen molar-refractivity contribution in [1.29, 1.82) is 0 Å². The summed E-state index contributed by atoms with van der Waals surface area (Å²) in [5.41, 5.74) is 5.97. The van der Waals surface area contributed by atoms with E-state index in [1.165, 1.54) is 0 Å². The van der Waals surface area contributed by atoms with Gasteiger partial charge in [0.05, 0.1) is 5.52 Å². The average molecular weight is 216 g/mol. The van der Waals surface area contributed by atoms with Gasteiger partial charge in [0.25, 0.3) is 0 Å². The number of nitrogens with two attached hydrogens (primary N) is 1. The molecule has 2 rings (SSSR count). The van der Waals surface area contributed by atoms with Crippen molar-refractivity contribution in [2.24, 2.45) is 5.73 Å². The molecule has 1 heterocycles. The summed E-state index contributed by atoms with van der Waals surface area (Å²) in [5.74, 6) is -0.0261. The standard InChI is InChI=1S/C11H12N4O/c1-7(10(12)16)14-11-13-6-8-4-2-3-5-9(8)15-11/h2-7H,1H3,(H2,12,16)(H,13,14,15). The smallest absolute Gasteiger partial charge is 0.239 e. The molecule has 0 bridgehead atoms. The maximum Gasteiger partial charge on any atom is 0.239 e. The van der Waals surface area contributed by atoms with Crippen molar-refractivity contribution in [2.75, 3.05) is 5.32 Å².